The van der Waals surface area contributed by atoms with E-state index in [0.717, 1.165) is 8.95 Å². The smallest absolute Gasteiger partial charge is 0.0396 e. The molecule has 0 unspecified atom stereocenters. The SMILES string of the molecule is Brc1cccc(-c2ccsc2)c1Br. The van der Waals surface area contributed by atoms with Crippen molar-refractivity contribution >= 4 is 43.2 Å². The van der Waals surface area contributed by atoms with Crippen molar-refractivity contribution in [3.8, 4) is 11.1 Å². The second-order valence-corrected chi connectivity index (χ2v) is 5.04. The normalized spacial score (nSPS) is 10.3. The number of hydrogen-bond donors (Lipinski definition) is 0. The molecule has 0 aliphatic rings. The summed E-state index contributed by atoms with van der Waals surface area (Å²) < 4.78 is 2.21. The quantitative estimate of drug-likeness (QED) is 0.699. The van der Waals surface area contributed by atoms with E-state index in [2.05, 4.69) is 54.8 Å². The fourth-order valence-electron chi connectivity index (χ4n) is 1.14. The first-order valence-electron chi connectivity index (χ1n) is 3.75. The van der Waals surface area contributed by atoms with Crippen molar-refractivity contribution in [1.82, 2.24) is 0 Å². The molecule has 1 aromatic heterocycles. The maximum absolute atomic E-state index is 3.56. The number of hydrogen-bond acceptors (Lipinski definition) is 1. The summed E-state index contributed by atoms with van der Waals surface area (Å²) >= 11 is 8.76. The van der Waals surface area contributed by atoms with Crippen LogP contribution in [0.1, 0.15) is 0 Å². The summed E-state index contributed by atoms with van der Waals surface area (Å²) in [6.45, 7) is 0. The highest BCUT2D eigenvalue weighted by Crippen LogP contribution is 2.34. The van der Waals surface area contributed by atoms with Gasteiger partial charge in [0, 0.05) is 8.95 Å². The summed E-state index contributed by atoms with van der Waals surface area (Å²) in [6, 6.07) is 8.30. The summed E-state index contributed by atoms with van der Waals surface area (Å²) in [4.78, 5) is 0. The molecule has 0 fully saturated rings. The lowest BCUT2D eigenvalue weighted by Gasteiger charge is -2.03. The van der Waals surface area contributed by atoms with Crippen molar-refractivity contribution in [2.75, 3.05) is 0 Å². The number of thiophene rings is 1. The molecule has 0 atom stereocenters. The summed E-state index contributed by atoms with van der Waals surface area (Å²) in [6.07, 6.45) is 0. The third kappa shape index (κ3) is 1.87. The monoisotopic (exact) mass is 316 g/mol. The summed E-state index contributed by atoms with van der Waals surface area (Å²) in [5.74, 6) is 0. The molecule has 0 spiro atoms. The van der Waals surface area contributed by atoms with E-state index in [1.807, 2.05) is 12.1 Å². The first-order chi connectivity index (χ1) is 6.29. The van der Waals surface area contributed by atoms with Gasteiger partial charge >= 0.3 is 0 Å². The van der Waals surface area contributed by atoms with Gasteiger partial charge in [0.2, 0.25) is 0 Å². The summed E-state index contributed by atoms with van der Waals surface area (Å²) in [5, 5.41) is 4.23. The number of benzene rings is 1. The van der Waals surface area contributed by atoms with E-state index in [4.69, 9.17) is 0 Å². The Morgan fingerprint density at radius 3 is 2.62 bits per heavy atom. The fourth-order valence-corrected chi connectivity index (χ4v) is 2.66. The van der Waals surface area contributed by atoms with E-state index in [9.17, 15) is 0 Å². The molecule has 13 heavy (non-hydrogen) atoms. The second kappa shape index (κ2) is 3.95. The summed E-state index contributed by atoms with van der Waals surface area (Å²) in [5.41, 5.74) is 2.49. The molecule has 0 N–H and O–H groups in total. The van der Waals surface area contributed by atoms with Crippen LogP contribution in [0.15, 0.2) is 44.0 Å². The molecule has 0 saturated heterocycles. The van der Waals surface area contributed by atoms with E-state index in [-0.39, 0.29) is 0 Å². The lowest BCUT2D eigenvalue weighted by atomic mass is 10.1. The maximum Gasteiger partial charge on any atom is 0.0396 e. The van der Waals surface area contributed by atoms with Gasteiger partial charge in [0.25, 0.3) is 0 Å². The van der Waals surface area contributed by atoms with Crippen LogP contribution in [0.3, 0.4) is 0 Å². The molecule has 66 valence electrons. The van der Waals surface area contributed by atoms with E-state index in [1.54, 1.807) is 11.3 Å². The van der Waals surface area contributed by atoms with Crippen LogP contribution >= 0.6 is 43.2 Å². The third-order valence-corrected chi connectivity index (χ3v) is 4.51. The van der Waals surface area contributed by atoms with Gasteiger partial charge in [0.05, 0.1) is 0 Å². The number of rotatable bonds is 1. The average Bonchev–Trinajstić information content (AvgIpc) is 2.62. The fraction of sp³-hybridized carbons (Fsp3) is 0. The van der Waals surface area contributed by atoms with Gasteiger partial charge in [-0.05, 0) is 65.9 Å². The molecule has 1 aromatic carbocycles. The Bertz CT molecular complexity index is 407. The van der Waals surface area contributed by atoms with Crippen LogP contribution < -0.4 is 0 Å². The minimum Gasteiger partial charge on any atom is -0.152 e. The second-order valence-electron chi connectivity index (χ2n) is 2.61. The van der Waals surface area contributed by atoms with Crippen LogP contribution in [0, 0.1) is 0 Å². The minimum absolute atomic E-state index is 1.09. The van der Waals surface area contributed by atoms with E-state index in [1.165, 1.54) is 11.1 Å². The zero-order chi connectivity index (χ0) is 9.26. The predicted molar refractivity (Wildman–Crippen MR) is 65.2 cm³/mol. The number of halogens is 2. The summed E-state index contributed by atoms with van der Waals surface area (Å²) in [7, 11) is 0. The van der Waals surface area contributed by atoms with Crippen LogP contribution in [-0.4, -0.2) is 0 Å². The van der Waals surface area contributed by atoms with Crippen molar-refractivity contribution < 1.29 is 0 Å². The molecular weight excluding hydrogens is 312 g/mol. The molecule has 0 saturated carbocycles. The molecule has 1 heterocycles. The van der Waals surface area contributed by atoms with Gasteiger partial charge in [-0.2, -0.15) is 11.3 Å². The highest BCUT2D eigenvalue weighted by atomic mass is 79.9. The van der Waals surface area contributed by atoms with Crippen molar-refractivity contribution in [1.29, 1.82) is 0 Å². The van der Waals surface area contributed by atoms with Gasteiger partial charge in [-0.25, -0.2) is 0 Å². The first kappa shape index (κ1) is 9.44. The Kier molecular flexibility index (Phi) is 2.86. The topological polar surface area (TPSA) is 0 Å². The highest BCUT2D eigenvalue weighted by molar-refractivity contribution is 9.13. The molecule has 3 heteroatoms. The van der Waals surface area contributed by atoms with Gasteiger partial charge < -0.3 is 0 Å². The molecule has 0 amide bonds. The van der Waals surface area contributed by atoms with Gasteiger partial charge in [0.1, 0.15) is 0 Å². The molecule has 0 aliphatic heterocycles. The van der Waals surface area contributed by atoms with Crippen LogP contribution in [0.5, 0.6) is 0 Å². The Morgan fingerprint density at radius 1 is 1.08 bits per heavy atom. The Morgan fingerprint density at radius 2 is 1.92 bits per heavy atom. The molecule has 0 radical (unpaired) electrons. The molecular formula is C10H6Br2S. The third-order valence-electron chi connectivity index (χ3n) is 1.78. The van der Waals surface area contributed by atoms with Crippen molar-refractivity contribution in [2.24, 2.45) is 0 Å². The maximum atomic E-state index is 3.56. The van der Waals surface area contributed by atoms with Crippen LogP contribution in [0.2, 0.25) is 0 Å². The molecule has 0 aliphatic carbocycles. The zero-order valence-electron chi connectivity index (χ0n) is 6.63. The lowest BCUT2D eigenvalue weighted by Crippen LogP contribution is -1.77. The van der Waals surface area contributed by atoms with E-state index < -0.39 is 0 Å². The van der Waals surface area contributed by atoms with E-state index >= 15 is 0 Å². The Hall–Kier alpha value is -0.120. The lowest BCUT2D eigenvalue weighted by molar-refractivity contribution is 1.57. The van der Waals surface area contributed by atoms with Crippen molar-refractivity contribution in [3.05, 3.63) is 44.0 Å². The zero-order valence-corrected chi connectivity index (χ0v) is 10.6. The minimum atomic E-state index is 1.09. The van der Waals surface area contributed by atoms with Gasteiger partial charge in [-0.3, -0.25) is 0 Å². The average molecular weight is 318 g/mol. The van der Waals surface area contributed by atoms with Crippen LogP contribution in [0.4, 0.5) is 0 Å². The highest BCUT2D eigenvalue weighted by Gasteiger charge is 2.05. The predicted octanol–water partition coefficient (Wildman–Crippen LogP) is 4.94. The van der Waals surface area contributed by atoms with Gasteiger partial charge in [0.15, 0.2) is 0 Å². The molecule has 0 bridgehead atoms. The van der Waals surface area contributed by atoms with Crippen molar-refractivity contribution in [3.63, 3.8) is 0 Å². The van der Waals surface area contributed by atoms with Crippen molar-refractivity contribution in [2.45, 2.75) is 0 Å². The standard InChI is InChI=1S/C10H6Br2S/c11-9-3-1-2-8(10(9)12)7-4-5-13-6-7/h1-6H. The molecule has 0 nitrogen and oxygen atoms in total. The first-order valence-corrected chi connectivity index (χ1v) is 6.28. The molecule has 2 rings (SSSR count). The van der Waals surface area contributed by atoms with E-state index in [0.29, 0.717) is 0 Å². The van der Waals surface area contributed by atoms with Gasteiger partial charge in [-0.1, -0.05) is 12.1 Å². The van der Waals surface area contributed by atoms with Gasteiger partial charge in [-0.15, -0.1) is 0 Å². The van der Waals surface area contributed by atoms with Crippen LogP contribution in [-0.2, 0) is 0 Å². The van der Waals surface area contributed by atoms with Crippen LogP contribution in [0.25, 0.3) is 11.1 Å². The molecule has 2 aromatic rings. The largest absolute Gasteiger partial charge is 0.152 e. The Labute approximate surface area is 97.9 Å². The Balaban J connectivity index is 2.59.